The summed E-state index contributed by atoms with van der Waals surface area (Å²) in [7, 11) is 0. The van der Waals surface area contributed by atoms with Crippen molar-refractivity contribution in [3.63, 3.8) is 0 Å². The maximum Gasteiger partial charge on any atom is 0.325 e. The molecule has 0 aliphatic rings. The number of rotatable bonds is 5. The SMILES string of the molecule is CC(NC(=O)C(C)NC(=O)C(C)C(C)(C)C)C(=O)O. The van der Waals surface area contributed by atoms with Gasteiger partial charge >= 0.3 is 5.97 Å². The lowest BCUT2D eigenvalue weighted by molar-refractivity contribution is -0.141. The van der Waals surface area contributed by atoms with Gasteiger partial charge in [0.25, 0.3) is 0 Å². The summed E-state index contributed by atoms with van der Waals surface area (Å²) < 4.78 is 0. The van der Waals surface area contributed by atoms with Gasteiger partial charge in [-0.3, -0.25) is 14.4 Å². The van der Waals surface area contributed by atoms with E-state index in [2.05, 4.69) is 10.6 Å². The topological polar surface area (TPSA) is 95.5 Å². The van der Waals surface area contributed by atoms with Crippen LogP contribution in [0, 0.1) is 11.3 Å². The summed E-state index contributed by atoms with van der Waals surface area (Å²) in [6, 6.07) is -1.74. The first-order valence-corrected chi connectivity index (χ1v) is 6.30. The maximum atomic E-state index is 11.9. The quantitative estimate of drug-likeness (QED) is 0.688. The molecule has 110 valence electrons. The van der Waals surface area contributed by atoms with Gasteiger partial charge in [0.1, 0.15) is 12.1 Å². The summed E-state index contributed by atoms with van der Waals surface area (Å²) in [6.45, 7) is 10.5. The first kappa shape index (κ1) is 17.4. The third-order valence-corrected chi connectivity index (χ3v) is 3.17. The molecule has 0 saturated carbocycles. The zero-order chi connectivity index (χ0) is 15.4. The van der Waals surface area contributed by atoms with Crippen LogP contribution in [0.25, 0.3) is 0 Å². The highest BCUT2D eigenvalue weighted by Crippen LogP contribution is 2.25. The summed E-state index contributed by atoms with van der Waals surface area (Å²) >= 11 is 0. The van der Waals surface area contributed by atoms with E-state index in [0.29, 0.717) is 0 Å². The fraction of sp³-hybridized carbons (Fsp3) is 0.769. The van der Waals surface area contributed by atoms with Crippen LogP contribution in [-0.4, -0.2) is 35.0 Å². The number of nitrogens with one attached hydrogen (secondary N) is 2. The highest BCUT2D eigenvalue weighted by molar-refractivity contribution is 5.90. The molecule has 3 atom stereocenters. The van der Waals surface area contributed by atoms with Gasteiger partial charge in [0, 0.05) is 5.92 Å². The van der Waals surface area contributed by atoms with Crippen molar-refractivity contribution in [2.24, 2.45) is 11.3 Å². The molecular weight excluding hydrogens is 248 g/mol. The van der Waals surface area contributed by atoms with E-state index < -0.39 is 24.0 Å². The molecule has 0 radical (unpaired) electrons. The van der Waals surface area contributed by atoms with Gasteiger partial charge in [-0.05, 0) is 19.3 Å². The Hall–Kier alpha value is -1.59. The average molecular weight is 272 g/mol. The Balaban J connectivity index is 4.46. The molecule has 0 heterocycles. The van der Waals surface area contributed by atoms with E-state index in [1.807, 2.05) is 20.8 Å². The molecule has 0 rings (SSSR count). The van der Waals surface area contributed by atoms with Gasteiger partial charge in [-0.25, -0.2) is 0 Å². The van der Waals surface area contributed by atoms with E-state index in [1.165, 1.54) is 13.8 Å². The van der Waals surface area contributed by atoms with Crippen LogP contribution in [0.4, 0.5) is 0 Å². The number of carboxylic acids is 1. The first-order chi connectivity index (χ1) is 8.46. The predicted molar refractivity (Wildman–Crippen MR) is 71.5 cm³/mol. The summed E-state index contributed by atoms with van der Waals surface area (Å²) in [5, 5.41) is 13.6. The minimum absolute atomic E-state index is 0.200. The molecule has 6 heteroatoms. The minimum Gasteiger partial charge on any atom is -0.480 e. The molecule has 3 unspecified atom stereocenters. The maximum absolute atomic E-state index is 11.9. The molecule has 0 aromatic rings. The molecule has 0 fully saturated rings. The summed E-state index contributed by atoms with van der Waals surface area (Å²) in [5.74, 6) is -2.10. The molecule has 0 aromatic carbocycles. The lowest BCUT2D eigenvalue weighted by Crippen LogP contribution is -2.51. The first-order valence-electron chi connectivity index (χ1n) is 6.30. The van der Waals surface area contributed by atoms with Gasteiger partial charge in [0.15, 0.2) is 0 Å². The van der Waals surface area contributed by atoms with Gasteiger partial charge in [-0.2, -0.15) is 0 Å². The Morgan fingerprint density at radius 3 is 1.68 bits per heavy atom. The monoisotopic (exact) mass is 272 g/mol. The largest absolute Gasteiger partial charge is 0.480 e. The standard InChI is InChI=1S/C13H24N2O4/c1-7(13(4,5)6)10(16)14-8(2)11(17)15-9(3)12(18)19/h7-9H,1-6H3,(H,14,16)(H,15,17)(H,18,19). The number of carboxylic acid groups (broad SMARTS) is 1. The van der Waals surface area contributed by atoms with Crippen molar-refractivity contribution < 1.29 is 19.5 Å². The van der Waals surface area contributed by atoms with Crippen LogP contribution < -0.4 is 10.6 Å². The molecule has 19 heavy (non-hydrogen) atoms. The van der Waals surface area contributed by atoms with Gasteiger partial charge in [-0.1, -0.05) is 27.7 Å². The molecule has 0 spiro atoms. The lowest BCUT2D eigenvalue weighted by Gasteiger charge is -2.27. The second-order valence-corrected chi connectivity index (χ2v) is 5.89. The fourth-order valence-electron chi connectivity index (χ4n) is 1.20. The van der Waals surface area contributed by atoms with Crippen molar-refractivity contribution in [2.45, 2.75) is 53.6 Å². The normalized spacial score (nSPS) is 16.1. The lowest BCUT2D eigenvalue weighted by atomic mass is 9.81. The van der Waals surface area contributed by atoms with Crippen LogP contribution in [0.2, 0.25) is 0 Å². The van der Waals surface area contributed by atoms with E-state index in [9.17, 15) is 14.4 Å². The Labute approximate surface area is 113 Å². The highest BCUT2D eigenvalue weighted by Gasteiger charge is 2.29. The van der Waals surface area contributed by atoms with Crippen LogP contribution in [0.15, 0.2) is 0 Å². The molecule has 0 aromatic heterocycles. The number of carbonyl (C=O) groups excluding carboxylic acids is 2. The van der Waals surface area contributed by atoms with Crippen LogP contribution in [0.3, 0.4) is 0 Å². The highest BCUT2D eigenvalue weighted by atomic mass is 16.4. The van der Waals surface area contributed by atoms with Crippen molar-refractivity contribution >= 4 is 17.8 Å². The van der Waals surface area contributed by atoms with Gasteiger partial charge in [-0.15, -0.1) is 0 Å². The molecule has 0 saturated heterocycles. The van der Waals surface area contributed by atoms with E-state index in [1.54, 1.807) is 6.92 Å². The minimum atomic E-state index is -1.12. The third-order valence-electron chi connectivity index (χ3n) is 3.17. The second kappa shape index (κ2) is 6.54. The van der Waals surface area contributed by atoms with Crippen molar-refractivity contribution in [1.29, 1.82) is 0 Å². The van der Waals surface area contributed by atoms with Crippen LogP contribution in [-0.2, 0) is 14.4 Å². The molecule has 0 aliphatic carbocycles. The van der Waals surface area contributed by atoms with Crippen molar-refractivity contribution in [1.82, 2.24) is 10.6 Å². The summed E-state index contributed by atoms with van der Waals surface area (Å²) in [6.07, 6.45) is 0. The number of amides is 2. The summed E-state index contributed by atoms with van der Waals surface area (Å²) in [5.41, 5.74) is -0.200. The van der Waals surface area contributed by atoms with Crippen molar-refractivity contribution in [3.05, 3.63) is 0 Å². The van der Waals surface area contributed by atoms with Crippen LogP contribution in [0.1, 0.15) is 41.5 Å². The Morgan fingerprint density at radius 2 is 1.32 bits per heavy atom. The molecule has 6 nitrogen and oxygen atoms in total. The number of carbonyl (C=O) groups is 3. The van der Waals surface area contributed by atoms with Crippen molar-refractivity contribution in [2.75, 3.05) is 0 Å². The molecular formula is C13H24N2O4. The second-order valence-electron chi connectivity index (χ2n) is 5.89. The van der Waals surface area contributed by atoms with E-state index in [-0.39, 0.29) is 17.2 Å². The fourth-order valence-corrected chi connectivity index (χ4v) is 1.20. The zero-order valence-corrected chi connectivity index (χ0v) is 12.4. The Kier molecular flexibility index (Phi) is 5.99. The average Bonchev–Trinajstić information content (AvgIpc) is 2.25. The molecule has 0 aliphatic heterocycles. The Morgan fingerprint density at radius 1 is 0.895 bits per heavy atom. The number of aliphatic carboxylic acids is 1. The molecule has 0 bridgehead atoms. The molecule has 2 amide bonds. The van der Waals surface area contributed by atoms with Gasteiger partial charge in [0.2, 0.25) is 11.8 Å². The zero-order valence-electron chi connectivity index (χ0n) is 12.4. The smallest absolute Gasteiger partial charge is 0.325 e. The predicted octanol–water partition coefficient (Wildman–Crippen LogP) is 0.763. The van der Waals surface area contributed by atoms with Gasteiger partial charge in [0.05, 0.1) is 0 Å². The van der Waals surface area contributed by atoms with E-state index in [4.69, 9.17) is 5.11 Å². The number of hydrogen-bond acceptors (Lipinski definition) is 3. The van der Waals surface area contributed by atoms with E-state index in [0.717, 1.165) is 0 Å². The van der Waals surface area contributed by atoms with E-state index >= 15 is 0 Å². The Bertz CT molecular complexity index is 360. The number of hydrogen-bond donors (Lipinski definition) is 3. The van der Waals surface area contributed by atoms with Gasteiger partial charge < -0.3 is 15.7 Å². The van der Waals surface area contributed by atoms with Crippen molar-refractivity contribution in [3.8, 4) is 0 Å². The third kappa shape index (κ3) is 5.72. The van der Waals surface area contributed by atoms with Crippen LogP contribution >= 0.6 is 0 Å². The van der Waals surface area contributed by atoms with Crippen LogP contribution in [0.5, 0.6) is 0 Å². The summed E-state index contributed by atoms with van der Waals surface area (Å²) in [4.78, 5) is 34.2. The molecule has 3 N–H and O–H groups in total.